The number of allylic oxidation sites excluding steroid dienone is 1. The van der Waals surface area contributed by atoms with E-state index < -0.39 is 5.95 Å². The van der Waals surface area contributed by atoms with E-state index in [0.29, 0.717) is 4.43 Å². The van der Waals surface area contributed by atoms with Gasteiger partial charge in [-0.2, -0.15) is 0 Å². The zero-order valence-corrected chi connectivity index (χ0v) is 8.70. The van der Waals surface area contributed by atoms with E-state index in [4.69, 9.17) is 15.3 Å². The number of hydrogen-bond acceptors (Lipinski definition) is 3. The van der Waals surface area contributed by atoms with Gasteiger partial charge in [0.25, 0.3) is 0 Å². The summed E-state index contributed by atoms with van der Waals surface area (Å²) in [4.78, 5) is 0. The summed E-state index contributed by atoms with van der Waals surface area (Å²) in [5.41, 5.74) is 0. The molecular weight excluding hydrogens is 350 g/mol. The van der Waals surface area contributed by atoms with Crippen LogP contribution < -0.4 is 0 Å². The highest BCUT2D eigenvalue weighted by Crippen LogP contribution is 2.14. The minimum absolute atomic E-state index is 0.215. The van der Waals surface area contributed by atoms with Crippen molar-refractivity contribution in [2.45, 2.75) is 3.92 Å². The van der Waals surface area contributed by atoms with Gasteiger partial charge in [-0.3, -0.25) is 0 Å². The van der Waals surface area contributed by atoms with Crippen molar-refractivity contribution in [3.63, 3.8) is 0 Å². The highest BCUT2D eigenvalue weighted by Gasteiger charge is 2.11. The lowest BCUT2D eigenvalue weighted by Gasteiger charge is -2.02. The second-order valence-corrected chi connectivity index (χ2v) is 3.72. The number of aliphatic hydroxyl groups is 3. The van der Waals surface area contributed by atoms with Gasteiger partial charge in [-0.05, 0) is 0 Å². The summed E-state index contributed by atoms with van der Waals surface area (Å²) in [5, 5.41) is 25.4. The van der Waals surface area contributed by atoms with Crippen LogP contribution in [0.15, 0.2) is 11.7 Å². The third-order valence-electron chi connectivity index (χ3n) is 0.661. The van der Waals surface area contributed by atoms with Crippen molar-refractivity contribution in [3.8, 4) is 0 Å². The number of alkyl halides is 2. The van der Waals surface area contributed by atoms with Gasteiger partial charge in [0.2, 0.25) is 0 Å². The Morgan fingerprint density at radius 3 is 1.89 bits per heavy atom. The maximum atomic E-state index is 8.76. The smallest absolute Gasteiger partial charge is 0.314 e. The van der Waals surface area contributed by atoms with E-state index in [1.807, 2.05) is 45.2 Å². The van der Waals surface area contributed by atoms with Gasteiger partial charge >= 0.3 is 5.95 Å². The molecule has 0 rings (SSSR count). The Bertz CT molecular complexity index is 119. The highest BCUT2D eigenvalue weighted by atomic mass is 127. The first-order valence-electron chi connectivity index (χ1n) is 2.10. The Balaban J connectivity index is 4.02. The minimum atomic E-state index is -0.980. The molecule has 1 atom stereocenters. The van der Waals surface area contributed by atoms with E-state index in [1.54, 1.807) is 0 Å². The molecule has 0 aliphatic rings. The van der Waals surface area contributed by atoms with Gasteiger partial charge < -0.3 is 15.3 Å². The molecule has 0 aliphatic heterocycles. The maximum Gasteiger partial charge on any atom is 0.314 e. The Morgan fingerprint density at radius 1 is 1.33 bits per heavy atom. The second kappa shape index (κ2) is 4.42. The van der Waals surface area contributed by atoms with E-state index in [-0.39, 0.29) is 9.68 Å². The van der Waals surface area contributed by atoms with Crippen LogP contribution in [0.1, 0.15) is 0 Å². The van der Waals surface area contributed by atoms with Gasteiger partial charge in [0.15, 0.2) is 5.76 Å². The van der Waals surface area contributed by atoms with Crippen LogP contribution >= 0.6 is 45.2 Å². The van der Waals surface area contributed by atoms with Crippen LogP contribution in [-0.4, -0.2) is 23.7 Å². The number of rotatable bonds is 2. The lowest BCUT2D eigenvalue weighted by molar-refractivity contribution is 0.157. The van der Waals surface area contributed by atoms with Crippen LogP contribution in [0.5, 0.6) is 0 Å². The molecule has 0 heterocycles. The zero-order chi connectivity index (χ0) is 7.44. The Morgan fingerprint density at radius 2 is 1.78 bits per heavy atom. The van der Waals surface area contributed by atoms with Crippen molar-refractivity contribution in [1.29, 1.82) is 0 Å². The molecule has 0 aromatic rings. The normalized spacial score (nSPS) is 12.7. The fraction of sp³-hybridized carbons (Fsp3) is 0.500. The molecule has 0 spiro atoms. The molecule has 5 heteroatoms. The molecule has 0 saturated heterocycles. The molecule has 0 aromatic heterocycles. The average molecular weight is 356 g/mol. The predicted molar refractivity (Wildman–Crippen MR) is 51.6 cm³/mol. The molecule has 0 bridgehead atoms. The van der Waals surface area contributed by atoms with Crippen LogP contribution in [0.2, 0.25) is 0 Å². The van der Waals surface area contributed by atoms with E-state index in [9.17, 15) is 0 Å². The summed E-state index contributed by atoms with van der Waals surface area (Å²) in [7, 11) is 0. The van der Waals surface area contributed by atoms with E-state index in [0.717, 1.165) is 0 Å². The third-order valence-corrected chi connectivity index (χ3v) is 4.26. The van der Waals surface area contributed by atoms with Crippen molar-refractivity contribution >= 4 is 45.2 Å². The molecular formula is C4H6I2O3. The van der Waals surface area contributed by atoms with Gasteiger partial charge in [-0.15, -0.1) is 0 Å². The molecule has 0 saturated carbocycles. The quantitative estimate of drug-likeness (QED) is 0.404. The monoisotopic (exact) mass is 356 g/mol. The summed E-state index contributed by atoms with van der Waals surface area (Å²) >= 11 is 3.95. The highest BCUT2D eigenvalue weighted by molar-refractivity contribution is 14.1. The van der Waals surface area contributed by atoms with Crippen LogP contribution in [0, 0.1) is 0 Å². The third kappa shape index (κ3) is 3.33. The van der Waals surface area contributed by atoms with E-state index in [1.165, 1.54) is 0 Å². The largest absolute Gasteiger partial charge is 0.505 e. The topological polar surface area (TPSA) is 60.7 Å². The fourth-order valence-corrected chi connectivity index (χ4v) is 0.909. The molecule has 0 aromatic carbocycles. The number of halogens is 2. The number of hydrogen-bond donors (Lipinski definition) is 3. The summed E-state index contributed by atoms with van der Waals surface area (Å²) in [5.74, 6) is -1.34. The summed E-state index contributed by atoms with van der Waals surface area (Å²) in [6.07, 6.45) is 0. The fourth-order valence-electron chi connectivity index (χ4n) is 0.213. The molecule has 1 unspecified atom stereocenters. The lowest BCUT2D eigenvalue weighted by atomic mass is 10.4. The Kier molecular flexibility index (Phi) is 4.72. The van der Waals surface area contributed by atoms with Gasteiger partial charge in [-0.25, -0.2) is 0 Å². The zero-order valence-electron chi connectivity index (χ0n) is 4.38. The van der Waals surface area contributed by atoms with Crippen molar-refractivity contribution in [1.82, 2.24) is 0 Å². The summed E-state index contributed by atoms with van der Waals surface area (Å²) in [6.45, 7) is 0. The van der Waals surface area contributed by atoms with Gasteiger partial charge in [0.1, 0.15) is 0 Å². The van der Waals surface area contributed by atoms with Crippen molar-refractivity contribution < 1.29 is 15.3 Å². The van der Waals surface area contributed by atoms with Crippen molar-refractivity contribution in [3.05, 3.63) is 11.7 Å². The molecule has 0 aliphatic carbocycles. The van der Waals surface area contributed by atoms with E-state index in [2.05, 4.69) is 0 Å². The van der Waals surface area contributed by atoms with Gasteiger partial charge in [0, 0.05) is 4.43 Å². The molecule has 54 valence electrons. The molecule has 0 radical (unpaired) electrons. The molecule has 3 N–H and O–H groups in total. The average Bonchev–Trinajstić information content (AvgIpc) is 1.84. The first kappa shape index (κ1) is 9.60. The maximum absolute atomic E-state index is 8.76. The Hall–Kier alpha value is 0.600. The van der Waals surface area contributed by atoms with Crippen LogP contribution in [0.4, 0.5) is 0 Å². The standard InChI is InChI=1S/C4H6I2O3/c5-1-2(6)3(7)4(8)9/h2,7-9H,1H2. The second-order valence-electron chi connectivity index (χ2n) is 1.33. The first-order chi connectivity index (χ1) is 4.09. The van der Waals surface area contributed by atoms with Crippen LogP contribution in [-0.2, 0) is 0 Å². The Labute approximate surface area is 80.1 Å². The first-order valence-corrected chi connectivity index (χ1v) is 4.87. The van der Waals surface area contributed by atoms with Crippen LogP contribution in [0.3, 0.4) is 0 Å². The summed E-state index contributed by atoms with van der Waals surface area (Å²) < 4.78 is 0.433. The minimum Gasteiger partial charge on any atom is -0.505 e. The van der Waals surface area contributed by atoms with Gasteiger partial charge in [-0.1, -0.05) is 45.2 Å². The van der Waals surface area contributed by atoms with E-state index >= 15 is 0 Å². The lowest BCUT2D eigenvalue weighted by Crippen LogP contribution is -2.05. The van der Waals surface area contributed by atoms with Gasteiger partial charge in [0.05, 0.1) is 3.92 Å². The van der Waals surface area contributed by atoms with Crippen molar-refractivity contribution in [2.24, 2.45) is 0 Å². The SMILES string of the molecule is OC(O)=C(O)C(I)CI. The number of aliphatic hydroxyl groups excluding tert-OH is 2. The van der Waals surface area contributed by atoms with Crippen molar-refractivity contribution in [2.75, 3.05) is 4.43 Å². The predicted octanol–water partition coefficient (Wildman–Crippen LogP) is 2.07. The molecule has 0 fully saturated rings. The molecule has 0 amide bonds. The molecule has 3 nitrogen and oxygen atoms in total. The van der Waals surface area contributed by atoms with Crippen LogP contribution in [0.25, 0.3) is 0 Å². The molecule has 9 heavy (non-hydrogen) atoms. The summed E-state index contributed by atoms with van der Waals surface area (Å²) in [6, 6.07) is 0.